The minimum Gasteiger partial charge on any atom is -0.497 e. The van der Waals surface area contributed by atoms with E-state index in [4.69, 9.17) is 9.47 Å². The Balaban J connectivity index is 1.49. The summed E-state index contributed by atoms with van der Waals surface area (Å²) in [6.07, 6.45) is 1.41. The van der Waals surface area contributed by atoms with Gasteiger partial charge in [0.1, 0.15) is 11.5 Å². The summed E-state index contributed by atoms with van der Waals surface area (Å²) in [4.78, 5) is 22.7. The first kappa shape index (κ1) is 25.4. The third kappa shape index (κ3) is 6.30. The van der Waals surface area contributed by atoms with E-state index in [1.807, 2.05) is 53.1 Å². The van der Waals surface area contributed by atoms with Crippen LogP contribution < -0.4 is 14.9 Å². The summed E-state index contributed by atoms with van der Waals surface area (Å²) in [7, 11) is 3.20. The van der Waals surface area contributed by atoms with E-state index in [1.165, 1.54) is 30.1 Å². The number of nitrogens with one attached hydrogen (secondary N) is 1. The van der Waals surface area contributed by atoms with Crippen molar-refractivity contribution in [3.63, 3.8) is 0 Å². The molecule has 0 fully saturated rings. The molecular weight excluding hydrogens is 496 g/mol. The summed E-state index contributed by atoms with van der Waals surface area (Å²) in [5, 5.41) is 23.9. The fourth-order valence-corrected chi connectivity index (χ4v) is 4.02. The maximum Gasteiger partial charge on any atom is 0.269 e. The molecule has 0 atom stereocenters. The van der Waals surface area contributed by atoms with Crippen molar-refractivity contribution in [3.05, 3.63) is 88.5 Å². The molecule has 1 N–H and O–H groups in total. The van der Waals surface area contributed by atoms with Crippen molar-refractivity contribution >= 4 is 29.6 Å². The SMILES string of the molecule is COc1ccc(-c2nnc(SCC(=O)NN=Cc3ccc([N+](=O)[O-])cc3)n2-c2ccc(OC)cc2)cc1. The summed E-state index contributed by atoms with van der Waals surface area (Å²) >= 11 is 1.21. The topological polar surface area (TPSA) is 134 Å². The van der Waals surface area contributed by atoms with Crippen LogP contribution in [0.3, 0.4) is 0 Å². The van der Waals surface area contributed by atoms with Gasteiger partial charge in [-0.25, -0.2) is 5.43 Å². The molecule has 0 saturated heterocycles. The summed E-state index contributed by atoms with van der Waals surface area (Å²) in [6, 6.07) is 20.7. The molecule has 1 aromatic heterocycles. The summed E-state index contributed by atoms with van der Waals surface area (Å²) < 4.78 is 12.4. The molecule has 1 amide bonds. The number of hydrogen-bond donors (Lipinski definition) is 1. The molecular formula is C25H22N6O5S. The zero-order valence-electron chi connectivity index (χ0n) is 19.9. The van der Waals surface area contributed by atoms with Gasteiger partial charge in [-0.1, -0.05) is 11.8 Å². The van der Waals surface area contributed by atoms with Gasteiger partial charge in [0.25, 0.3) is 11.6 Å². The van der Waals surface area contributed by atoms with Gasteiger partial charge in [0.15, 0.2) is 11.0 Å². The molecule has 0 aliphatic carbocycles. The Hall–Kier alpha value is -4.71. The highest BCUT2D eigenvalue weighted by Gasteiger charge is 2.17. The highest BCUT2D eigenvalue weighted by molar-refractivity contribution is 7.99. The van der Waals surface area contributed by atoms with Gasteiger partial charge in [0, 0.05) is 23.4 Å². The lowest BCUT2D eigenvalue weighted by Crippen LogP contribution is -2.20. The minimum atomic E-state index is -0.481. The molecule has 11 nitrogen and oxygen atoms in total. The predicted octanol–water partition coefficient (Wildman–Crippen LogP) is 4.10. The highest BCUT2D eigenvalue weighted by Crippen LogP contribution is 2.29. The zero-order chi connectivity index (χ0) is 26.2. The Bertz CT molecular complexity index is 1400. The third-order valence-corrected chi connectivity index (χ3v) is 6.08. The van der Waals surface area contributed by atoms with E-state index < -0.39 is 4.92 Å². The van der Waals surface area contributed by atoms with Gasteiger partial charge in [-0.3, -0.25) is 19.5 Å². The number of nitro groups is 1. The lowest BCUT2D eigenvalue weighted by atomic mass is 10.2. The van der Waals surface area contributed by atoms with Gasteiger partial charge in [-0.2, -0.15) is 5.10 Å². The molecule has 0 aliphatic rings. The molecule has 37 heavy (non-hydrogen) atoms. The molecule has 0 aliphatic heterocycles. The summed E-state index contributed by atoms with van der Waals surface area (Å²) in [5.41, 5.74) is 4.67. The number of methoxy groups -OCH3 is 2. The number of nitrogens with zero attached hydrogens (tertiary/aromatic N) is 5. The molecule has 188 valence electrons. The lowest BCUT2D eigenvalue weighted by molar-refractivity contribution is -0.384. The quantitative estimate of drug-likeness (QED) is 0.144. The summed E-state index contributed by atoms with van der Waals surface area (Å²) in [6.45, 7) is 0. The molecule has 12 heteroatoms. The average Bonchev–Trinajstić information content (AvgIpc) is 3.36. The Morgan fingerprint density at radius 1 is 1.00 bits per heavy atom. The Morgan fingerprint density at radius 2 is 1.62 bits per heavy atom. The van der Waals surface area contributed by atoms with Crippen LogP contribution in [0.2, 0.25) is 0 Å². The van der Waals surface area contributed by atoms with Crippen LogP contribution in [0.1, 0.15) is 5.56 Å². The van der Waals surface area contributed by atoms with Crippen LogP contribution in [-0.2, 0) is 4.79 Å². The van der Waals surface area contributed by atoms with Crippen molar-refractivity contribution in [2.75, 3.05) is 20.0 Å². The number of hydrogen-bond acceptors (Lipinski definition) is 9. The monoisotopic (exact) mass is 518 g/mol. The molecule has 0 saturated carbocycles. The minimum absolute atomic E-state index is 0.0208. The Kier molecular flexibility index (Phi) is 8.11. The van der Waals surface area contributed by atoms with Crippen molar-refractivity contribution in [2.24, 2.45) is 5.10 Å². The molecule has 0 bridgehead atoms. The first-order valence-electron chi connectivity index (χ1n) is 10.9. The second-order valence-corrected chi connectivity index (χ2v) is 8.44. The predicted molar refractivity (Wildman–Crippen MR) is 139 cm³/mol. The fraction of sp³-hybridized carbons (Fsp3) is 0.120. The summed E-state index contributed by atoms with van der Waals surface area (Å²) in [5.74, 6) is 1.72. The van der Waals surface area contributed by atoms with Crippen molar-refractivity contribution in [1.29, 1.82) is 0 Å². The van der Waals surface area contributed by atoms with Crippen molar-refractivity contribution in [2.45, 2.75) is 5.16 Å². The number of amides is 1. The van der Waals surface area contributed by atoms with Gasteiger partial charge in [0.05, 0.1) is 31.1 Å². The molecule has 0 spiro atoms. The third-order valence-electron chi connectivity index (χ3n) is 5.15. The number of hydrazone groups is 1. The maximum absolute atomic E-state index is 12.4. The standard InChI is InChI=1S/C25H22N6O5S/c1-35-21-11-5-18(6-12-21)24-28-29-25(30(24)19-9-13-22(36-2)14-10-19)37-16-23(32)27-26-15-17-3-7-20(8-4-17)31(33)34/h3-15H,16H2,1-2H3,(H,27,32). The van der Waals surface area contributed by atoms with E-state index in [1.54, 1.807) is 26.4 Å². The van der Waals surface area contributed by atoms with Gasteiger partial charge >= 0.3 is 0 Å². The highest BCUT2D eigenvalue weighted by atomic mass is 32.2. The van der Waals surface area contributed by atoms with Gasteiger partial charge < -0.3 is 9.47 Å². The number of non-ortho nitro benzene ring substituents is 1. The number of ether oxygens (including phenoxy) is 2. The smallest absolute Gasteiger partial charge is 0.269 e. The second-order valence-electron chi connectivity index (χ2n) is 7.50. The van der Waals surface area contributed by atoms with Crippen LogP contribution in [0, 0.1) is 10.1 Å². The van der Waals surface area contributed by atoms with Gasteiger partial charge in [-0.05, 0) is 66.2 Å². The number of rotatable bonds is 10. The number of benzene rings is 3. The number of thioether (sulfide) groups is 1. The number of carbonyl (C=O) groups is 1. The van der Waals surface area contributed by atoms with Crippen LogP contribution in [-0.4, -0.2) is 51.8 Å². The fourth-order valence-electron chi connectivity index (χ4n) is 3.28. The second kappa shape index (κ2) is 11.8. The molecule has 3 aromatic carbocycles. The Morgan fingerprint density at radius 3 is 2.22 bits per heavy atom. The molecule has 4 rings (SSSR count). The van der Waals surface area contributed by atoms with Crippen molar-refractivity contribution in [1.82, 2.24) is 20.2 Å². The van der Waals surface area contributed by atoms with E-state index in [0.717, 1.165) is 17.0 Å². The van der Waals surface area contributed by atoms with E-state index in [0.29, 0.717) is 22.3 Å². The van der Waals surface area contributed by atoms with Crippen LogP contribution in [0.25, 0.3) is 17.1 Å². The maximum atomic E-state index is 12.4. The van der Waals surface area contributed by atoms with E-state index >= 15 is 0 Å². The average molecular weight is 519 g/mol. The van der Waals surface area contributed by atoms with Crippen LogP contribution in [0.15, 0.2) is 83.1 Å². The van der Waals surface area contributed by atoms with Crippen LogP contribution in [0.5, 0.6) is 11.5 Å². The van der Waals surface area contributed by atoms with Gasteiger partial charge in [-0.15, -0.1) is 10.2 Å². The van der Waals surface area contributed by atoms with E-state index in [-0.39, 0.29) is 17.3 Å². The van der Waals surface area contributed by atoms with Crippen molar-refractivity contribution < 1.29 is 19.2 Å². The number of carbonyl (C=O) groups excluding carboxylic acids is 1. The largest absolute Gasteiger partial charge is 0.497 e. The van der Waals surface area contributed by atoms with E-state index in [9.17, 15) is 14.9 Å². The Labute approximate surface area is 216 Å². The number of aromatic nitrogens is 3. The first-order valence-corrected chi connectivity index (χ1v) is 11.9. The van der Waals surface area contributed by atoms with Gasteiger partial charge in [0.2, 0.25) is 0 Å². The molecule has 0 radical (unpaired) electrons. The normalized spacial score (nSPS) is 10.9. The van der Waals surface area contributed by atoms with Crippen molar-refractivity contribution in [3.8, 4) is 28.6 Å². The zero-order valence-corrected chi connectivity index (χ0v) is 20.7. The van der Waals surface area contributed by atoms with Crippen LogP contribution in [0.4, 0.5) is 5.69 Å². The van der Waals surface area contributed by atoms with E-state index in [2.05, 4.69) is 20.7 Å². The number of nitro benzene ring substituents is 1. The van der Waals surface area contributed by atoms with Crippen LogP contribution >= 0.6 is 11.8 Å². The molecule has 1 heterocycles. The first-order chi connectivity index (χ1) is 18.0. The molecule has 0 unspecified atom stereocenters. The molecule has 4 aromatic rings. The lowest BCUT2D eigenvalue weighted by Gasteiger charge is -2.11.